The first-order valence-corrected chi connectivity index (χ1v) is 7.00. The summed E-state index contributed by atoms with van der Waals surface area (Å²) in [6, 6.07) is 8.73. The fourth-order valence-corrected chi connectivity index (χ4v) is 2.61. The molecular formula is C14H10FN5S. The molecule has 21 heavy (non-hydrogen) atoms. The number of nitrogens with zero attached hydrogens (tertiary/aromatic N) is 4. The van der Waals surface area contributed by atoms with Gasteiger partial charge in [0.15, 0.2) is 5.82 Å². The van der Waals surface area contributed by atoms with Gasteiger partial charge in [0, 0.05) is 22.5 Å². The van der Waals surface area contributed by atoms with Crippen molar-refractivity contribution in [1.82, 2.24) is 14.8 Å². The summed E-state index contributed by atoms with van der Waals surface area (Å²) in [4.78, 5) is 4.81. The van der Waals surface area contributed by atoms with Gasteiger partial charge in [-0.3, -0.25) is 0 Å². The van der Waals surface area contributed by atoms with Crippen LogP contribution in [0.5, 0.6) is 0 Å². The lowest BCUT2D eigenvalue weighted by Gasteiger charge is -2.07. The van der Waals surface area contributed by atoms with Gasteiger partial charge >= 0.3 is 0 Å². The van der Waals surface area contributed by atoms with Crippen molar-refractivity contribution in [2.24, 2.45) is 0 Å². The Hall–Kier alpha value is -2.72. The second-order valence-electron chi connectivity index (χ2n) is 4.27. The average Bonchev–Trinajstić information content (AvgIpc) is 3.16. The lowest BCUT2D eigenvalue weighted by atomic mass is 10.2. The summed E-state index contributed by atoms with van der Waals surface area (Å²) in [7, 11) is 0. The van der Waals surface area contributed by atoms with E-state index < -0.39 is 0 Å². The van der Waals surface area contributed by atoms with Crippen molar-refractivity contribution >= 4 is 17.0 Å². The average molecular weight is 299 g/mol. The van der Waals surface area contributed by atoms with Crippen molar-refractivity contribution in [2.45, 2.75) is 6.54 Å². The van der Waals surface area contributed by atoms with Gasteiger partial charge in [0.05, 0.1) is 5.56 Å². The molecule has 7 heteroatoms. The second-order valence-corrected chi connectivity index (χ2v) is 5.27. The van der Waals surface area contributed by atoms with E-state index in [1.54, 1.807) is 17.5 Å². The number of aromatic nitrogens is 3. The molecule has 0 unspecified atom stereocenters. The minimum atomic E-state index is -0.380. The first-order chi connectivity index (χ1) is 10.3. The molecule has 104 valence electrons. The number of thiophene rings is 1. The Kier molecular flexibility index (Phi) is 3.62. The van der Waals surface area contributed by atoms with Crippen LogP contribution in [0.2, 0.25) is 0 Å². The second kappa shape index (κ2) is 5.73. The van der Waals surface area contributed by atoms with Crippen LogP contribution in [0, 0.1) is 17.1 Å². The largest absolute Gasteiger partial charge is 0.380 e. The fraction of sp³-hybridized carbons (Fsp3) is 0.0714. The van der Waals surface area contributed by atoms with Crippen molar-refractivity contribution in [3.8, 4) is 11.8 Å². The van der Waals surface area contributed by atoms with E-state index in [1.165, 1.54) is 34.7 Å². The van der Waals surface area contributed by atoms with Gasteiger partial charge in [0.2, 0.25) is 0 Å². The molecular weight excluding hydrogens is 289 g/mol. The van der Waals surface area contributed by atoms with Gasteiger partial charge in [-0.1, -0.05) is 0 Å². The molecule has 0 radical (unpaired) electrons. The van der Waals surface area contributed by atoms with Crippen molar-refractivity contribution in [3.63, 3.8) is 0 Å². The Bertz CT molecular complexity index is 788. The summed E-state index contributed by atoms with van der Waals surface area (Å²) in [6.45, 7) is 0.550. The molecule has 0 saturated carbocycles. The molecule has 0 aliphatic carbocycles. The third kappa shape index (κ3) is 2.90. The Morgan fingerprint density at radius 1 is 1.38 bits per heavy atom. The quantitative estimate of drug-likeness (QED) is 0.804. The summed E-state index contributed by atoms with van der Waals surface area (Å²) in [5.74, 6) is -0.380. The molecule has 0 spiro atoms. The summed E-state index contributed by atoms with van der Waals surface area (Å²) in [6.07, 6.45) is 2.80. The SMILES string of the molecule is N#Cc1csc(CNc2ccc(-n3cncn3)c(F)c2)c1. The third-order valence-electron chi connectivity index (χ3n) is 2.86. The minimum Gasteiger partial charge on any atom is -0.380 e. The van der Waals surface area contributed by atoms with Gasteiger partial charge in [0.1, 0.15) is 24.4 Å². The van der Waals surface area contributed by atoms with E-state index in [9.17, 15) is 4.39 Å². The van der Waals surface area contributed by atoms with Gasteiger partial charge in [-0.2, -0.15) is 10.4 Å². The fourth-order valence-electron chi connectivity index (χ4n) is 1.86. The Morgan fingerprint density at radius 2 is 2.29 bits per heavy atom. The van der Waals surface area contributed by atoms with Crippen LogP contribution < -0.4 is 5.32 Å². The molecule has 0 atom stereocenters. The number of halogens is 1. The third-order valence-corrected chi connectivity index (χ3v) is 3.80. The molecule has 0 fully saturated rings. The number of benzene rings is 1. The normalized spacial score (nSPS) is 10.3. The zero-order valence-electron chi connectivity index (χ0n) is 10.8. The van der Waals surface area contributed by atoms with Crippen LogP contribution in [0.25, 0.3) is 5.69 Å². The van der Waals surface area contributed by atoms with Crippen molar-refractivity contribution in [3.05, 3.63) is 58.6 Å². The predicted molar refractivity (Wildman–Crippen MR) is 77.7 cm³/mol. The van der Waals surface area contributed by atoms with Gasteiger partial charge in [-0.15, -0.1) is 11.3 Å². The molecule has 1 N–H and O–H groups in total. The standard InChI is InChI=1S/C14H10FN5S/c15-13-4-11(1-2-14(13)20-9-17-8-19-20)18-6-12-3-10(5-16)7-21-12/h1-4,7-9,18H,6H2. The van der Waals surface area contributed by atoms with Crippen molar-refractivity contribution in [2.75, 3.05) is 5.32 Å². The molecule has 1 aromatic carbocycles. The number of nitriles is 1. The highest BCUT2D eigenvalue weighted by atomic mass is 32.1. The van der Waals surface area contributed by atoms with Crippen LogP contribution in [0.3, 0.4) is 0 Å². The van der Waals surface area contributed by atoms with E-state index in [-0.39, 0.29) is 5.82 Å². The Labute approximate surface area is 124 Å². The maximum atomic E-state index is 14.0. The van der Waals surface area contributed by atoms with E-state index in [1.807, 2.05) is 6.07 Å². The summed E-state index contributed by atoms with van der Waals surface area (Å²) in [5.41, 5.74) is 1.66. The zero-order valence-corrected chi connectivity index (χ0v) is 11.6. The van der Waals surface area contributed by atoms with Gasteiger partial charge in [-0.25, -0.2) is 14.1 Å². The maximum absolute atomic E-state index is 14.0. The highest BCUT2D eigenvalue weighted by Crippen LogP contribution is 2.20. The van der Waals surface area contributed by atoms with Crippen LogP contribution in [-0.4, -0.2) is 14.8 Å². The van der Waals surface area contributed by atoms with Crippen LogP contribution in [0.15, 0.2) is 42.3 Å². The zero-order chi connectivity index (χ0) is 14.7. The van der Waals surface area contributed by atoms with E-state index >= 15 is 0 Å². The van der Waals surface area contributed by atoms with Gasteiger partial charge < -0.3 is 5.32 Å². The minimum absolute atomic E-state index is 0.348. The predicted octanol–water partition coefficient (Wildman–Crippen LogP) is 2.95. The van der Waals surface area contributed by atoms with Crippen LogP contribution >= 0.6 is 11.3 Å². The van der Waals surface area contributed by atoms with E-state index in [0.717, 1.165) is 4.88 Å². The van der Waals surface area contributed by atoms with E-state index in [4.69, 9.17) is 5.26 Å². The Balaban J connectivity index is 1.72. The van der Waals surface area contributed by atoms with Crippen molar-refractivity contribution in [1.29, 1.82) is 5.26 Å². The number of nitrogens with one attached hydrogen (secondary N) is 1. The summed E-state index contributed by atoms with van der Waals surface area (Å²) >= 11 is 1.50. The van der Waals surface area contributed by atoms with E-state index in [0.29, 0.717) is 23.5 Å². The highest BCUT2D eigenvalue weighted by molar-refractivity contribution is 7.10. The number of hydrogen-bond acceptors (Lipinski definition) is 5. The number of hydrogen-bond donors (Lipinski definition) is 1. The first kappa shape index (κ1) is 13.3. The van der Waals surface area contributed by atoms with Crippen LogP contribution in [0.4, 0.5) is 10.1 Å². The van der Waals surface area contributed by atoms with Crippen molar-refractivity contribution < 1.29 is 4.39 Å². The van der Waals surface area contributed by atoms with Crippen LogP contribution in [0.1, 0.15) is 10.4 Å². The lowest BCUT2D eigenvalue weighted by molar-refractivity contribution is 0.611. The number of rotatable bonds is 4. The molecule has 3 aromatic rings. The first-order valence-electron chi connectivity index (χ1n) is 6.12. The topological polar surface area (TPSA) is 66.5 Å². The molecule has 0 aliphatic heterocycles. The highest BCUT2D eigenvalue weighted by Gasteiger charge is 2.06. The summed E-state index contributed by atoms with van der Waals surface area (Å²) < 4.78 is 15.4. The molecule has 0 amide bonds. The molecule has 0 bridgehead atoms. The Morgan fingerprint density at radius 3 is 2.95 bits per heavy atom. The smallest absolute Gasteiger partial charge is 0.150 e. The van der Waals surface area contributed by atoms with E-state index in [2.05, 4.69) is 21.5 Å². The monoisotopic (exact) mass is 299 g/mol. The molecule has 5 nitrogen and oxygen atoms in total. The molecule has 3 rings (SSSR count). The lowest BCUT2D eigenvalue weighted by Crippen LogP contribution is -2.01. The molecule has 2 aromatic heterocycles. The molecule has 0 aliphatic rings. The molecule has 0 saturated heterocycles. The number of anilines is 1. The van der Waals surface area contributed by atoms with Crippen LogP contribution in [-0.2, 0) is 6.54 Å². The maximum Gasteiger partial charge on any atom is 0.150 e. The van der Waals surface area contributed by atoms with Gasteiger partial charge in [0.25, 0.3) is 0 Å². The molecule has 2 heterocycles. The summed E-state index contributed by atoms with van der Waals surface area (Å²) in [5, 5.41) is 17.6. The van der Waals surface area contributed by atoms with Gasteiger partial charge in [-0.05, 0) is 24.3 Å².